The van der Waals surface area contributed by atoms with Gasteiger partial charge in [-0.2, -0.15) is 0 Å². The first kappa shape index (κ1) is 25.0. The maximum absolute atomic E-state index is 10.3. The summed E-state index contributed by atoms with van der Waals surface area (Å²) in [5, 5.41) is 11.0. The van der Waals surface area contributed by atoms with Crippen LogP contribution >= 0.6 is 11.6 Å². The van der Waals surface area contributed by atoms with E-state index in [9.17, 15) is 5.11 Å². The van der Waals surface area contributed by atoms with E-state index in [1.54, 1.807) is 0 Å². The molecule has 3 rings (SSSR count). The lowest BCUT2D eigenvalue weighted by Crippen LogP contribution is -3.00. The maximum atomic E-state index is 10.3. The van der Waals surface area contributed by atoms with Crippen LogP contribution in [0.15, 0.2) is 48.5 Å². The largest absolute Gasteiger partial charge is 1.00 e. The molecular weight excluding hydrogens is 419 g/mol. The lowest BCUT2D eigenvalue weighted by molar-refractivity contribution is -0.001000. The van der Waals surface area contributed by atoms with Crippen molar-refractivity contribution in [2.24, 2.45) is 0 Å². The van der Waals surface area contributed by atoms with Crippen LogP contribution in [0.4, 0.5) is 0 Å². The summed E-state index contributed by atoms with van der Waals surface area (Å²) in [6.45, 7) is 7.90. The predicted octanol–water partition coefficient (Wildman–Crippen LogP) is -2.79. The Morgan fingerprint density at radius 3 is 2.29 bits per heavy atom. The van der Waals surface area contributed by atoms with Crippen molar-refractivity contribution in [2.45, 2.75) is 19.6 Å². The van der Waals surface area contributed by atoms with Gasteiger partial charge in [-0.05, 0) is 36.2 Å². The molecule has 1 unspecified atom stereocenters. The van der Waals surface area contributed by atoms with Crippen molar-refractivity contribution in [2.75, 3.05) is 39.3 Å². The number of aryl methyl sites for hydroxylation is 1. The zero-order valence-corrected chi connectivity index (χ0v) is 18.3. The summed E-state index contributed by atoms with van der Waals surface area (Å²) in [4.78, 5) is 4.77. The highest BCUT2D eigenvalue weighted by Gasteiger charge is 2.19. The van der Waals surface area contributed by atoms with Gasteiger partial charge < -0.3 is 34.7 Å². The number of benzene rings is 2. The van der Waals surface area contributed by atoms with E-state index in [0.717, 1.165) is 44.0 Å². The minimum Gasteiger partial charge on any atom is -1.00 e. The summed E-state index contributed by atoms with van der Waals surface area (Å²) in [5.74, 6) is 0.779. The van der Waals surface area contributed by atoms with Crippen molar-refractivity contribution < 1.29 is 34.7 Å². The number of β-amino-alcohol motifs (C(OH)–C–C–N with tert-alkyl or cyclic N) is 1. The highest BCUT2D eigenvalue weighted by Crippen LogP contribution is 2.22. The number of piperazine rings is 1. The summed E-state index contributed by atoms with van der Waals surface area (Å²) in [7, 11) is 0. The Balaban J connectivity index is 0.00000196. The number of halogens is 3. The maximum Gasteiger partial charge on any atom is 0.122 e. The summed E-state index contributed by atoms with van der Waals surface area (Å²) >= 11 is 5.96. The van der Waals surface area contributed by atoms with Crippen LogP contribution in [0.1, 0.15) is 11.1 Å². The quantitative estimate of drug-likeness (QED) is 0.500. The monoisotopic (exact) mass is 444 g/mol. The van der Waals surface area contributed by atoms with Gasteiger partial charge in [0, 0.05) is 44.3 Å². The van der Waals surface area contributed by atoms with E-state index >= 15 is 0 Å². The van der Waals surface area contributed by atoms with E-state index in [1.807, 2.05) is 25.1 Å². The third kappa shape index (κ3) is 7.78. The van der Waals surface area contributed by atoms with Crippen molar-refractivity contribution in [3.8, 4) is 5.75 Å². The molecule has 1 fully saturated rings. The second-order valence-corrected chi connectivity index (χ2v) is 7.37. The third-order valence-corrected chi connectivity index (χ3v) is 4.99. The standard InChI is InChI=1S/C21H27ClN2O2.2ClH/c1-17-13-19(22)7-8-21(17)26-16-20(25)15-24-11-9-23(10-12-24)14-18-5-3-2-4-6-18;;/h2-8,13,20,25H,9-12,14-16H2,1H3;2*1H/p-2. The Labute approximate surface area is 185 Å². The highest BCUT2D eigenvalue weighted by atomic mass is 35.5. The lowest BCUT2D eigenvalue weighted by Gasteiger charge is -2.35. The molecule has 1 atom stereocenters. The zero-order valence-electron chi connectivity index (χ0n) is 16.0. The Morgan fingerprint density at radius 1 is 1.00 bits per heavy atom. The van der Waals surface area contributed by atoms with Gasteiger partial charge in [-0.3, -0.25) is 9.80 Å². The molecule has 1 heterocycles. The second kappa shape index (κ2) is 12.5. The molecule has 7 heteroatoms. The normalized spacial score (nSPS) is 16.0. The molecule has 4 nitrogen and oxygen atoms in total. The van der Waals surface area contributed by atoms with Crippen LogP contribution in [-0.2, 0) is 6.54 Å². The fraction of sp³-hybridized carbons (Fsp3) is 0.429. The molecule has 1 aliphatic rings. The number of hydrogen-bond acceptors (Lipinski definition) is 4. The molecule has 1 aliphatic heterocycles. The Hall–Kier alpha value is -1.01. The van der Waals surface area contributed by atoms with Crippen molar-refractivity contribution in [3.63, 3.8) is 0 Å². The van der Waals surface area contributed by atoms with Gasteiger partial charge in [-0.25, -0.2) is 0 Å². The van der Waals surface area contributed by atoms with Gasteiger partial charge in [-0.15, -0.1) is 0 Å². The number of hydrogen-bond donors (Lipinski definition) is 1. The summed E-state index contributed by atoms with van der Waals surface area (Å²) in [6, 6.07) is 16.1. The molecule has 0 spiro atoms. The number of aliphatic hydroxyl groups excluding tert-OH is 1. The van der Waals surface area contributed by atoms with Crippen molar-refractivity contribution in [1.82, 2.24) is 9.80 Å². The van der Waals surface area contributed by atoms with Crippen LogP contribution in [-0.4, -0.2) is 60.3 Å². The average Bonchev–Trinajstić information content (AvgIpc) is 2.63. The van der Waals surface area contributed by atoms with E-state index in [4.69, 9.17) is 16.3 Å². The highest BCUT2D eigenvalue weighted by molar-refractivity contribution is 6.30. The first-order valence-electron chi connectivity index (χ1n) is 9.16. The number of ether oxygens (including phenoxy) is 1. The SMILES string of the molecule is Cc1cc(Cl)ccc1OCC(O)CN1CCN(Cc2ccccc2)CC1.[Cl-].[Cl-]. The third-order valence-electron chi connectivity index (χ3n) is 4.75. The molecular formula is C21H27Cl3N2O2-2. The molecule has 0 saturated carbocycles. The molecule has 0 aromatic heterocycles. The molecule has 28 heavy (non-hydrogen) atoms. The Morgan fingerprint density at radius 2 is 1.64 bits per heavy atom. The van der Waals surface area contributed by atoms with Crippen molar-refractivity contribution in [3.05, 3.63) is 64.7 Å². The molecule has 1 saturated heterocycles. The first-order valence-corrected chi connectivity index (χ1v) is 9.53. The summed E-state index contributed by atoms with van der Waals surface area (Å²) in [5.41, 5.74) is 2.34. The molecule has 0 radical (unpaired) electrons. The van der Waals surface area contributed by atoms with Gasteiger partial charge in [0.05, 0.1) is 0 Å². The number of aliphatic hydroxyl groups is 1. The van der Waals surface area contributed by atoms with Crippen LogP contribution in [0.5, 0.6) is 5.75 Å². The van der Waals surface area contributed by atoms with E-state index in [0.29, 0.717) is 18.2 Å². The van der Waals surface area contributed by atoms with E-state index in [-0.39, 0.29) is 24.8 Å². The van der Waals surface area contributed by atoms with Gasteiger partial charge in [0.1, 0.15) is 18.5 Å². The summed E-state index contributed by atoms with van der Waals surface area (Å²) in [6.07, 6.45) is -0.495. The molecule has 156 valence electrons. The second-order valence-electron chi connectivity index (χ2n) is 6.94. The van der Waals surface area contributed by atoms with E-state index in [1.165, 1.54) is 5.56 Å². The first-order chi connectivity index (χ1) is 12.6. The number of nitrogens with zero attached hydrogens (tertiary/aromatic N) is 2. The number of rotatable bonds is 7. The van der Waals surface area contributed by atoms with E-state index in [2.05, 4.69) is 40.1 Å². The molecule has 0 amide bonds. The minimum atomic E-state index is -0.495. The minimum absolute atomic E-state index is 0. The predicted molar refractivity (Wildman–Crippen MR) is 106 cm³/mol. The fourth-order valence-corrected chi connectivity index (χ4v) is 3.51. The van der Waals surface area contributed by atoms with Crippen LogP contribution in [0.2, 0.25) is 5.02 Å². The van der Waals surface area contributed by atoms with Crippen LogP contribution < -0.4 is 29.6 Å². The average molecular weight is 446 g/mol. The topological polar surface area (TPSA) is 35.9 Å². The lowest BCUT2D eigenvalue weighted by atomic mass is 10.2. The molecule has 2 aromatic rings. The van der Waals surface area contributed by atoms with Gasteiger partial charge in [0.2, 0.25) is 0 Å². The molecule has 1 N–H and O–H groups in total. The molecule has 0 bridgehead atoms. The fourth-order valence-electron chi connectivity index (χ4n) is 3.28. The smallest absolute Gasteiger partial charge is 0.122 e. The molecule has 2 aromatic carbocycles. The van der Waals surface area contributed by atoms with Gasteiger partial charge >= 0.3 is 0 Å². The van der Waals surface area contributed by atoms with Crippen molar-refractivity contribution in [1.29, 1.82) is 0 Å². The Kier molecular flexibility index (Phi) is 11.2. The van der Waals surface area contributed by atoms with Crippen LogP contribution in [0.3, 0.4) is 0 Å². The van der Waals surface area contributed by atoms with Crippen molar-refractivity contribution >= 4 is 11.6 Å². The molecule has 0 aliphatic carbocycles. The van der Waals surface area contributed by atoms with Crippen LogP contribution in [0, 0.1) is 6.92 Å². The zero-order chi connectivity index (χ0) is 18.4. The Bertz CT molecular complexity index is 695. The summed E-state index contributed by atoms with van der Waals surface area (Å²) < 4.78 is 5.75. The van der Waals surface area contributed by atoms with Gasteiger partial charge in [0.25, 0.3) is 0 Å². The van der Waals surface area contributed by atoms with Gasteiger partial charge in [0.15, 0.2) is 0 Å². The van der Waals surface area contributed by atoms with Gasteiger partial charge in [-0.1, -0.05) is 41.9 Å². The van der Waals surface area contributed by atoms with E-state index < -0.39 is 6.10 Å². The van der Waals surface area contributed by atoms with Crippen LogP contribution in [0.25, 0.3) is 0 Å².